The maximum atomic E-state index is 13.0. The number of nitrogens with one attached hydrogen (secondary N) is 2. The highest BCUT2D eigenvalue weighted by atomic mass is 16.2. The number of benzene rings is 1. The van der Waals surface area contributed by atoms with Gasteiger partial charge in [-0.2, -0.15) is 0 Å². The van der Waals surface area contributed by atoms with Crippen LogP contribution in [-0.4, -0.2) is 65.1 Å². The summed E-state index contributed by atoms with van der Waals surface area (Å²) in [6.45, 7) is 4.58. The maximum Gasteiger partial charge on any atom is 0.270 e. The Labute approximate surface area is 170 Å². The summed E-state index contributed by atoms with van der Waals surface area (Å²) < 4.78 is 0. The van der Waals surface area contributed by atoms with Gasteiger partial charge in [0.2, 0.25) is 5.91 Å². The molecule has 2 amide bonds. The second-order valence-electron chi connectivity index (χ2n) is 7.74. The Morgan fingerprint density at radius 3 is 2.48 bits per heavy atom. The normalized spacial score (nSPS) is 17.1. The van der Waals surface area contributed by atoms with E-state index in [0.29, 0.717) is 44.8 Å². The van der Waals surface area contributed by atoms with E-state index in [1.54, 1.807) is 4.90 Å². The molecule has 29 heavy (non-hydrogen) atoms. The van der Waals surface area contributed by atoms with Gasteiger partial charge in [0.05, 0.1) is 6.54 Å². The predicted octanol–water partition coefficient (Wildman–Crippen LogP) is 2.24. The van der Waals surface area contributed by atoms with Crippen molar-refractivity contribution in [2.75, 3.05) is 38.0 Å². The third-order valence-corrected chi connectivity index (χ3v) is 5.74. The molecule has 4 rings (SSSR count). The third kappa shape index (κ3) is 4.10. The van der Waals surface area contributed by atoms with Crippen LogP contribution in [0.2, 0.25) is 0 Å². The minimum atomic E-state index is -0.0573. The van der Waals surface area contributed by atoms with Crippen molar-refractivity contribution in [3.05, 3.63) is 52.8 Å². The highest BCUT2D eigenvalue weighted by molar-refractivity contribution is 6.04. The zero-order valence-electron chi connectivity index (χ0n) is 16.7. The molecular weight excluding hydrogens is 368 g/mol. The van der Waals surface area contributed by atoms with E-state index in [0.717, 1.165) is 35.3 Å². The van der Waals surface area contributed by atoms with Crippen LogP contribution in [0.1, 0.15) is 44.9 Å². The number of anilines is 1. The molecule has 1 aliphatic heterocycles. The first-order valence-electron chi connectivity index (χ1n) is 10.1. The SMILES string of the molecule is Cc1c(C(=O)N2CCN(CC(=O)Nc3ccccc3)CC2)[nH]c2c1C(=O)CCC2. The monoisotopic (exact) mass is 394 g/mol. The van der Waals surface area contributed by atoms with Crippen LogP contribution in [0.5, 0.6) is 0 Å². The summed E-state index contributed by atoms with van der Waals surface area (Å²) in [5.74, 6) is 0.0220. The number of fused-ring (bicyclic) bond motifs is 1. The number of carbonyl (C=O) groups is 3. The molecular formula is C22H26N4O3. The molecule has 2 heterocycles. The summed E-state index contributed by atoms with van der Waals surface area (Å²) in [5.41, 5.74) is 3.72. The summed E-state index contributed by atoms with van der Waals surface area (Å²) in [4.78, 5) is 44.5. The number of para-hydroxylation sites is 1. The van der Waals surface area contributed by atoms with Gasteiger partial charge in [-0.1, -0.05) is 18.2 Å². The van der Waals surface area contributed by atoms with Crippen LogP contribution in [0, 0.1) is 6.92 Å². The van der Waals surface area contributed by atoms with Gasteiger partial charge in [0.25, 0.3) is 5.91 Å². The summed E-state index contributed by atoms with van der Waals surface area (Å²) in [6, 6.07) is 9.39. The van der Waals surface area contributed by atoms with E-state index in [1.165, 1.54) is 0 Å². The number of hydrogen-bond donors (Lipinski definition) is 2. The lowest BCUT2D eigenvalue weighted by Gasteiger charge is -2.34. The van der Waals surface area contributed by atoms with Crippen molar-refractivity contribution < 1.29 is 14.4 Å². The number of aryl methyl sites for hydroxylation is 1. The minimum Gasteiger partial charge on any atom is -0.354 e. The number of Topliss-reactive ketones (excluding diaryl/α,β-unsaturated/α-hetero) is 1. The van der Waals surface area contributed by atoms with Crippen molar-refractivity contribution in [3.63, 3.8) is 0 Å². The Balaban J connectivity index is 1.33. The fourth-order valence-corrected chi connectivity index (χ4v) is 4.18. The van der Waals surface area contributed by atoms with Crippen LogP contribution in [0.15, 0.2) is 30.3 Å². The number of carbonyl (C=O) groups excluding carboxylic acids is 3. The molecule has 0 radical (unpaired) electrons. The Kier molecular flexibility index (Phi) is 5.49. The van der Waals surface area contributed by atoms with E-state index in [-0.39, 0.29) is 17.6 Å². The average molecular weight is 394 g/mol. The number of aromatic nitrogens is 1. The summed E-state index contributed by atoms with van der Waals surface area (Å²) in [7, 11) is 0. The molecule has 152 valence electrons. The molecule has 1 aromatic heterocycles. The Hall–Kier alpha value is -2.93. The van der Waals surface area contributed by atoms with Crippen molar-refractivity contribution in [2.24, 2.45) is 0 Å². The number of hydrogen-bond acceptors (Lipinski definition) is 4. The lowest BCUT2D eigenvalue weighted by atomic mass is 9.93. The molecule has 1 fully saturated rings. The Morgan fingerprint density at radius 1 is 1.07 bits per heavy atom. The molecule has 2 aromatic rings. The first kappa shape index (κ1) is 19.4. The average Bonchev–Trinajstić information content (AvgIpc) is 3.06. The molecule has 7 nitrogen and oxygen atoms in total. The van der Waals surface area contributed by atoms with E-state index in [2.05, 4.69) is 15.2 Å². The van der Waals surface area contributed by atoms with Gasteiger partial charge in [0.15, 0.2) is 5.78 Å². The molecule has 7 heteroatoms. The van der Waals surface area contributed by atoms with Crippen molar-refractivity contribution in [1.82, 2.24) is 14.8 Å². The zero-order chi connectivity index (χ0) is 20.4. The van der Waals surface area contributed by atoms with Crippen LogP contribution in [-0.2, 0) is 11.2 Å². The van der Waals surface area contributed by atoms with E-state index in [1.807, 2.05) is 37.3 Å². The predicted molar refractivity (Wildman–Crippen MR) is 110 cm³/mol. The minimum absolute atomic E-state index is 0.0534. The van der Waals surface area contributed by atoms with Crippen LogP contribution >= 0.6 is 0 Å². The Morgan fingerprint density at radius 2 is 1.79 bits per heavy atom. The number of aromatic amines is 1. The first-order valence-corrected chi connectivity index (χ1v) is 10.1. The van der Waals surface area contributed by atoms with Gasteiger partial charge in [0, 0.05) is 49.5 Å². The standard InChI is InChI=1S/C22H26N4O3/c1-15-20-17(8-5-9-18(20)27)24-21(15)22(29)26-12-10-25(11-13-26)14-19(28)23-16-6-3-2-4-7-16/h2-4,6-7,24H,5,8-14H2,1H3,(H,23,28). The quantitative estimate of drug-likeness (QED) is 0.833. The fourth-order valence-electron chi connectivity index (χ4n) is 4.18. The van der Waals surface area contributed by atoms with Gasteiger partial charge < -0.3 is 15.2 Å². The fraction of sp³-hybridized carbons (Fsp3) is 0.409. The molecule has 0 spiro atoms. The molecule has 2 N–H and O–H groups in total. The van der Waals surface area contributed by atoms with E-state index in [4.69, 9.17) is 0 Å². The molecule has 0 atom stereocenters. The molecule has 0 saturated carbocycles. The molecule has 1 aromatic carbocycles. The lowest BCUT2D eigenvalue weighted by Crippen LogP contribution is -2.50. The second-order valence-corrected chi connectivity index (χ2v) is 7.74. The van der Waals surface area contributed by atoms with Crippen molar-refractivity contribution in [3.8, 4) is 0 Å². The molecule has 0 bridgehead atoms. The topological polar surface area (TPSA) is 85.5 Å². The lowest BCUT2D eigenvalue weighted by molar-refractivity contribution is -0.117. The van der Waals surface area contributed by atoms with Gasteiger partial charge >= 0.3 is 0 Å². The van der Waals surface area contributed by atoms with Gasteiger partial charge in [0.1, 0.15) is 5.69 Å². The first-order chi connectivity index (χ1) is 14.0. The van der Waals surface area contributed by atoms with E-state index >= 15 is 0 Å². The van der Waals surface area contributed by atoms with Gasteiger partial charge in [-0.3, -0.25) is 19.3 Å². The van der Waals surface area contributed by atoms with Crippen LogP contribution in [0.3, 0.4) is 0 Å². The Bertz CT molecular complexity index is 927. The summed E-state index contributed by atoms with van der Waals surface area (Å²) in [5, 5.41) is 2.89. The smallest absolute Gasteiger partial charge is 0.270 e. The van der Waals surface area contributed by atoms with E-state index in [9.17, 15) is 14.4 Å². The number of nitrogens with zero attached hydrogens (tertiary/aromatic N) is 2. The highest BCUT2D eigenvalue weighted by Gasteiger charge is 2.30. The zero-order valence-corrected chi connectivity index (χ0v) is 16.7. The number of amides is 2. The molecule has 1 saturated heterocycles. The van der Waals surface area contributed by atoms with Crippen LogP contribution in [0.4, 0.5) is 5.69 Å². The van der Waals surface area contributed by atoms with Gasteiger partial charge in [-0.05, 0) is 37.5 Å². The number of rotatable bonds is 4. The molecule has 1 aliphatic carbocycles. The van der Waals surface area contributed by atoms with Gasteiger partial charge in [-0.15, -0.1) is 0 Å². The second kappa shape index (κ2) is 8.21. The number of piperazine rings is 1. The maximum absolute atomic E-state index is 13.0. The van der Waals surface area contributed by atoms with Crippen molar-refractivity contribution >= 4 is 23.3 Å². The number of H-pyrrole nitrogens is 1. The third-order valence-electron chi connectivity index (χ3n) is 5.74. The van der Waals surface area contributed by atoms with Gasteiger partial charge in [-0.25, -0.2) is 0 Å². The summed E-state index contributed by atoms with van der Waals surface area (Å²) >= 11 is 0. The van der Waals surface area contributed by atoms with E-state index < -0.39 is 0 Å². The summed E-state index contributed by atoms with van der Waals surface area (Å²) in [6.07, 6.45) is 2.21. The van der Waals surface area contributed by atoms with Crippen molar-refractivity contribution in [1.29, 1.82) is 0 Å². The van der Waals surface area contributed by atoms with Crippen LogP contribution in [0.25, 0.3) is 0 Å². The number of ketones is 1. The highest BCUT2D eigenvalue weighted by Crippen LogP contribution is 2.27. The van der Waals surface area contributed by atoms with Crippen LogP contribution < -0.4 is 5.32 Å². The molecule has 0 unspecified atom stereocenters. The van der Waals surface area contributed by atoms with Crippen molar-refractivity contribution in [2.45, 2.75) is 26.2 Å². The molecule has 2 aliphatic rings. The largest absolute Gasteiger partial charge is 0.354 e.